The van der Waals surface area contributed by atoms with Crippen LogP contribution < -0.4 is 5.32 Å². The minimum atomic E-state index is -4.27. The van der Waals surface area contributed by atoms with E-state index in [-0.39, 0.29) is 6.54 Å². The van der Waals surface area contributed by atoms with Crippen LogP contribution in [-0.2, 0) is 13.1 Å². The lowest BCUT2D eigenvalue weighted by Gasteiger charge is -2.19. The summed E-state index contributed by atoms with van der Waals surface area (Å²) in [5.41, 5.74) is 1.19. The summed E-state index contributed by atoms with van der Waals surface area (Å²) in [6.07, 6.45) is -1.96. The molecule has 1 aromatic carbocycles. The van der Waals surface area contributed by atoms with Crippen molar-refractivity contribution < 1.29 is 17.6 Å². The molecule has 0 bridgehead atoms. The van der Waals surface area contributed by atoms with Crippen molar-refractivity contribution in [3.05, 3.63) is 35.1 Å². The van der Waals surface area contributed by atoms with Gasteiger partial charge in [-0.25, -0.2) is 4.39 Å². The lowest BCUT2D eigenvalue weighted by molar-refractivity contribution is -0.144. The molecule has 20 heavy (non-hydrogen) atoms. The summed E-state index contributed by atoms with van der Waals surface area (Å²) in [6.45, 7) is -0.472. The molecule has 0 atom stereocenters. The quantitative estimate of drug-likeness (QED) is 0.810. The second-order valence-corrected chi connectivity index (χ2v) is 5.37. The Morgan fingerprint density at radius 1 is 1.30 bits per heavy atom. The van der Waals surface area contributed by atoms with Crippen LogP contribution in [0.2, 0.25) is 0 Å². The minimum Gasteiger partial charge on any atom is -0.310 e. The SMILES string of the molecule is CN(Cc1cc(CNC2CC2)ccc1F)CC(F)(F)F. The van der Waals surface area contributed by atoms with Crippen molar-refractivity contribution in [3.63, 3.8) is 0 Å². The molecule has 0 unspecified atom stereocenters. The second kappa shape index (κ2) is 6.10. The zero-order chi connectivity index (χ0) is 14.8. The largest absolute Gasteiger partial charge is 0.401 e. The van der Waals surface area contributed by atoms with Crippen LogP contribution in [0.5, 0.6) is 0 Å². The van der Waals surface area contributed by atoms with Gasteiger partial charge < -0.3 is 5.32 Å². The molecular weight excluding hydrogens is 272 g/mol. The van der Waals surface area contributed by atoms with Crippen molar-refractivity contribution >= 4 is 0 Å². The van der Waals surface area contributed by atoms with Gasteiger partial charge in [-0.2, -0.15) is 13.2 Å². The first-order valence-electron chi connectivity index (χ1n) is 6.59. The van der Waals surface area contributed by atoms with Gasteiger partial charge in [0.1, 0.15) is 5.82 Å². The third-order valence-electron chi connectivity index (χ3n) is 3.17. The van der Waals surface area contributed by atoms with E-state index in [2.05, 4.69) is 5.32 Å². The molecule has 1 aliphatic rings. The van der Waals surface area contributed by atoms with Crippen molar-refractivity contribution in [1.82, 2.24) is 10.2 Å². The molecule has 1 N–H and O–H groups in total. The zero-order valence-electron chi connectivity index (χ0n) is 11.3. The molecule has 0 amide bonds. The number of alkyl halides is 3. The molecule has 0 aliphatic heterocycles. The van der Waals surface area contributed by atoms with E-state index in [0.717, 1.165) is 23.3 Å². The van der Waals surface area contributed by atoms with Gasteiger partial charge in [-0.3, -0.25) is 4.90 Å². The molecule has 0 aromatic heterocycles. The Hall–Kier alpha value is -1.14. The van der Waals surface area contributed by atoms with E-state index in [9.17, 15) is 17.6 Å². The fraction of sp³-hybridized carbons (Fsp3) is 0.571. The predicted molar refractivity (Wildman–Crippen MR) is 68.7 cm³/mol. The van der Waals surface area contributed by atoms with Crippen LogP contribution in [-0.4, -0.2) is 30.7 Å². The molecule has 0 radical (unpaired) electrons. The van der Waals surface area contributed by atoms with E-state index in [4.69, 9.17) is 0 Å². The minimum absolute atomic E-state index is 0.0530. The van der Waals surface area contributed by atoms with Crippen LogP contribution in [0.15, 0.2) is 18.2 Å². The molecule has 0 spiro atoms. The average Bonchev–Trinajstić information content (AvgIpc) is 3.11. The number of hydrogen-bond acceptors (Lipinski definition) is 2. The van der Waals surface area contributed by atoms with Crippen molar-refractivity contribution in [2.75, 3.05) is 13.6 Å². The Morgan fingerprint density at radius 3 is 2.60 bits per heavy atom. The first-order chi connectivity index (χ1) is 9.33. The molecule has 1 aromatic rings. The highest BCUT2D eigenvalue weighted by Gasteiger charge is 2.29. The Labute approximate surface area is 115 Å². The highest BCUT2D eigenvalue weighted by molar-refractivity contribution is 5.25. The van der Waals surface area contributed by atoms with E-state index in [0.29, 0.717) is 18.2 Å². The van der Waals surface area contributed by atoms with E-state index >= 15 is 0 Å². The van der Waals surface area contributed by atoms with Crippen LogP contribution in [0.4, 0.5) is 17.6 Å². The molecule has 112 valence electrons. The lowest BCUT2D eigenvalue weighted by Crippen LogP contribution is -2.30. The Kier molecular flexibility index (Phi) is 4.65. The molecular formula is C14H18F4N2. The maximum atomic E-state index is 13.6. The van der Waals surface area contributed by atoms with Gasteiger partial charge in [0.25, 0.3) is 0 Å². The van der Waals surface area contributed by atoms with Gasteiger partial charge in [0, 0.05) is 24.7 Å². The molecule has 6 heteroatoms. The number of rotatable bonds is 6. The first-order valence-corrected chi connectivity index (χ1v) is 6.59. The van der Waals surface area contributed by atoms with Crippen LogP contribution >= 0.6 is 0 Å². The third kappa shape index (κ3) is 5.09. The summed E-state index contributed by atoms with van der Waals surface area (Å²) < 4.78 is 50.4. The van der Waals surface area contributed by atoms with Crippen molar-refractivity contribution in [2.24, 2.45) is 0 Å². The van der Waals surface area contributed by atoms with Crippen molar-refractivity contribution in [1.29, 1.82) is 0 Å². The molecule has 0 saturated heterocycles. The van der Waals surface area contributed by atoms with Gasteiger partial charge in [0.05, 0.1) is 6.54 Å². The normalized spacial score (nSPS) is 15.9. The Bertz CT molecular complexity index is 455. The number of nitrogens with one attached hydrogen (secondary N) is 1. The monoisotopic (exact) mass is 290 g/mol. The highest BCUT2D eigenvalue weighted by atomic mass is 19.4. The summed E-state index contributed by atoms with van der Waals surface area (Å²) in [7, 11) is 1.34. The molecule has 1 aliphatic carbocycles. The second-order valence-electron chi connectivity index (χ2n) is 5.37. The van der Waals surface area contributed by atoms with E-state index < -0.39 is 18.5 Å². The molecule has 1 saturated carbocycles. The van der Waals surface area contributed by atoms with Gasteiger partial charge >= 0.3 is 6.18 Å². The van der Waals surface area contributed by atoms with Crippen molar-refractivity contribution in [3.8, 4) is 0 Å². The predicted octanol–water partition coefficient (Wildman–Crippen LogP) is 3.07. The van der Waals surface area contributed by atoms with E-state index in [1.165, 1.54) is 13.1 Å². The number of hydrogen-bond donors (Lipinski definition) is 1. The average molecular weight is 290 g/mol. The highest BCUT2D eigenvalue weighted by Crippen LogP contribution is 2.21. The summed E-state index contributed by atoms with van der Waals surface area (Å²) >= 11 is 0. The van der Waals surface area contributed by atoms with Crippen LogP contribution in [0.25, 0.3) is 0 Å². The molecule has 2 rings (SSSR count). The lowest BCUT2D eigenvalue weighted by atomic mass is 10.1. The fourth-order valence-corrected chi connectivity index (χ4v) is 2.06. The zero-order valence-corrected chi connectivity index (χ0v) is 11.3. The smallest absolute Gasteiger partial charge is 0.310 e. The summed E-state index contributed by atoms with van der Waals surface area (Å²) in [5, 5.41) is 3.30. The van der Waals surface area contributed by atoms with E-state index in [1.54, 1.807) is 12.1 Å². The van der Waals surface area contributed by atoms with Gasteiger partial charge in [0.15, 0.2) is 0 Å². The third-order valence-corrected chi connectivity index (χ3v) is 3.17. The maximum absolute atomic E-state index is 13.6. The van der Waals surface area contributed by atoms with Gasteiger partial charge in [-0.05, 0) is 31.5 Å². The van der Waals surface area contributed by atoms with E-state index in [1.807, 2.05) is 0 Å². The number of nitrogens with zero attached hydrogens (tertiary/aromatic N) is 1. The van der Waals surface area contributed by atoms with Crippen molar-refractivity contribution in [2.45, 2.75) is 38.1 Å². The van der Waals surface area contributed by atoms with Gasteiger partial charge in [-0.15, -0.1) is 0 Å². The fourth-order valence-electron chi connectivity index (χ4n) is 2.06. The van der Waals surface area contributed by atoms with Gasteiger partial charge in [-0.1, -0.05) is 12.1 Å². The topological polar surface area (TPSA) is 15.3 Å². The van der Waals surface area contributed by atoms with Gasteiger partial charge in [0.2, 0.25) is 0 Å². The standard InChI is InChI=1S/C14H18F4N2/c1-20(9-14(16,17)18)8-11-6-10(2-5-13(11)15)7-19-12-3-4-12/h2,5-6,12,19H,3-4,7-9H2,1H3. The Balaban J connectivity index is 1.96. The maximum Gasteiger partial charge on any atom is 0.401 e. The summed E-state index contributed by atoms with van der Waals surface area (Å²) in [4.78, 5) is 1.07. The molecule has 0 heterocycles. The summed E-state index contributed by atoms with van der Waals surface area (Å²) in [6, 6.07) is 5.16. The van der Waals surface area contributed by atoms with Crippen LogP contribution in [0, 0.1) is 5.82 Å². The Morgan fingerprint density at radius 2 is 2.00 bits per heavy atom. The summed E-state index contributed by atoms with van der Waals surface area (Å²) in [5.74, 6) is -0.464. The van der Waals surface area contributed by atoms with Crippen LogP contribution in [0.3, 0.4) is 0 Å². The molecule has 1 fully saturated rings. The number of halogens is 4. The first kappa shape index (κ1) is 15.3. The molecule has 2 nitrogen and oxygen atoms in total. The number of benzene rings is 1. The van der Waals surface area contributed by atoms with Crippen LogP contribution in [0.1, 0.15) is 24.0 Å².